The Hall–Kier alpha value is -1.35. The molecule has 18 heavy (non-hydrogen) atoms. The van der Waals surface area contributed by atoms with Crippen LogP contribution in [0.15, 0.2) is 60.7 Å². The van der Waals surface area contributed by atoms with Gasteiger partial charge in [0.2, 0.25) is 0 Å². The van der Waals surface area contributed by atoms with Crippen LogP contribution in [0.25, 0.3) is 0 Å². The van der Waals surface area contributed by atoms with Crippen molar-refractivity contribution in [3.05, 3.63) is 78.7 Å². The molecule has 0 aliphatic carbocycles. The molecule has 1 nitrogen and oxygen atoms in total. The minimum Gasteiger partial charge on any atom is -0.405 e. The normalized spacial score (nSPS) is 12.6. The molecule has 2 rings (SSSR count). The number of hydrogen-bond acceptors (Lipinski definition) is 1. The second kappa shape index (κ2) is 6.55. The van der Waals surface area contributed by atoms with E-state index in [4.69, 9.17) is 0 Å². The monoisotopic (exact) mass is 416 g/mol. The van der Waals surface area contributed by atoms with E-state index in [9.17, 15) is 5.11 Å². The number of aliphatic hydroxyl groups is 1. The fraction of sp³-hybridized carbons (Fsp3) is 0.0625. The first-order valence-electron chi connectivity index (χ1n) is 5.40. The van der Waals surface area contributed by atoms with Gasteiger partial charge < -0.3 is 5.11 Å². The average molecular weight is 416 g/mol. The summed E-state index contributed by atoms with van der Waals surface area (Å²) in [5.41, 5.74) is 0.200. The molecule has 0 saturated heterocycles. The van der Waals surface area contributed by atoms with Crippen molar-refractivity contribution in [1.82, 2.24) is 0 Å². The van der Waals surface area contributed by atoms with E-state index < -0.39 is 5.60 Å². The molecule has 0 spiro atoms. The predicted octanol–water partition coefficient (Wildman–Crippen LogP) is 2.76. The van der Waals surface area contributed by atoms with Gasteiger partial charge in [-0.2, -0.15) is 0 Å². The molecule has 0 radical (unpaired) electrons. The van der Waals surface area contributed by atoms with Crippen molar-refractivity contribution >= 4 is 0 Å². The van der Waals surface area contributed by atoms with Crippen molar-refractivity contribution in [3.8, 4) is 11.8 Å². The van der Waals surface area contributed by atoms with E-state index in [0.29, 0.717) is 5.56 Å². The Kier molecular flexibility index (Phi) is 5.35. The van der Waals surface area contributed by atoms with Crippen LogP contribution < -0.4 is 0 Å². The Labute approximate surface area is 122 Å². The van der Waals surface area contributed by atoms with Crippen molar-refractivity contribution in [3.63, 3.8) is 0 Å². The molecule has 0 aliphatic heterocycles. The quantitative estimate of drug-likeness (QED) is 0.560. The van der Waals surface area contributed by atoms with Crippen molar-refractivity contribution in [2.45, 2.75) is 5.60 Å². The van der Waals surface area contributed by atoms with Gasteiger partial charge in [-0.25, -0.2) is 0 Å². The first-order chi connectivity index (χ1) is 8.18. The van der Waals surface area contributed by atoms with Crippen molar-refractivity contribution in [1.29, 1.82) is 0 Å². The summed E-state index contributed by atoms with van der Waals surface area (Å²) >= 11 is 0. The molecule has 0 heterocycles. The van der Waals surface area contributed by atoms with Crippen LogP contribution in [0.5, 0.6) is 0 Å². The van der Waals surface area contributed by atoms with E-state index in [1.165, 1.54) is 0 Å². The summed E-state index contributed by atoms with van der Waals surface area (Å²) in [5.74, 6) is 5.71. The third kappa shape index (κ3) is 3.84. The molecular weight excluding hydrogens is 403 g/mol. The Balaban J connectivity index is 0.00000162. The van der Waals surface area contributed by atoms with Gasteiger partial charge in [0.05, 0.1) is 0 Å². The van der Waals surface area contributed by atoms with Gasteiger partial charge in [0.1, 0.15) is 0 Å². The van der Waals surface area contributed by atoms with Gasteiger partial charge in [-0.1, -0.05) is 60.4 Å². The van der Waals surface area contributed by atoms with Gasteiger partial charge in [0.15, 0.2) is 0 Å². The smallest absolute Gasteiger partial charge is 0.0287 e. The summed E-state index contributed by atoms with van der Waals surface area (Å²) in [6.07, 6.45) is 0. The molecule has 0 amide bonds. The molecule has 94 valence electrons. The molecule has 0 fully saturated rings. The van der Waals surface area contributed by atoms with Crippen molar-refractivity contribution in [2.75, 3.05) is 0 Å². The molecule has 1 N–H and O–H groups in total. The average Bonchev–Trinajstić information content (AvgIpc) is 2.39. The summed E-state index contributed by atoms with van der Waals surface area (Å²) in [7, 11) is 0. The number of benzene rings is 2. The van der Waals surface area contributed by atoms with E-state index >= 15 is 0 Å². The minimum absolute atomic E-state index is 0. The number of hydrogen-bond donors (Lipinski definition) is 1. The first kappa shape index (κ1) is 14.7. The molecule has 0 bridgehead atoms. The molecule has 2 aromatic rings. The van der Waals surface area contributed by atoms with Crippen LogP contribution in [0, 0.1) is 18.8 Å². The zero-order chi connectivity index (χ0) is 12.1. The van der Waals surface area contributed by atoms with E-state index in [2.05, 4.69) is 18.8 Å². The third-order valence-electron chi connectivity index (χ3n) is 2.44. The van der Waals surface area contributed by atoms with Crippen molar-refractivity contribution < 1.29 is 26.2 Å². The molecule has 0 aromatic heterocycles. The van der Waals surface area contributed by atoms with Gasteiger partial charge in [-0.05, 0) is 17.7 Å². The zero-order valence-corrected chi connectivity index (χ0v) is 12.0. The summed E-state index contributed by atoms with van der Waals surface area (Å²) < 4.78 is 0. The Morgan fingerprint density at radius 2 is 1.39 bits per heavy atom. The fourth-order valence-corrected chi connectivity index (χ4v) is 1.48. The molecule has 2 heteroatoms. The molecule has 2 aromatic carbocycles. The van der Waals surface area contributed by atoms with Gasteiger partial charge in [0.25, 0.3) is 0 Å². The maximum Gasteiger partial charge on any atom is 0.0287 e. The van der Waals surface area contributed by atoms with E-state index in [0.717, 1.165) is 5.56 Å². The Morgan fingerprint density at radius 3 is 1.94 bits per heavy atom. The standard InChI is InChI=1S/C16H13O.Pt/c1-16(17,15-10-6-3-7-11-15)13-12-14-8-4-2-5-9-14;/h2-11,17H,1H2;/q-1;. The Bertz CT molecular complexity index is 536. The summed E-state index contributed by atoms with van der Waals surface area (Å²) in [6.45, 7) is 3.74. The summed E-state index contributed by atoms with van der Waals surface area (Å²) in [6, 6.07) is 18.8. The maximum absolute atomic E-state index is 10.2. The van der Waals surface area contributed by atoms with Gasteiger partial charge in [0, 0.05) is 32.2 Å². The largest absolute Gasteiger partial charge is 0.405 e. The molecule has 1 unspecified atom stereocenters. The van der Waals surface area contributed by atoms with Gasteiger partial charge in [-0.15, -0.1) is 0 Å². The van der Waals surface area contributed by atoms with Crippen molar-refractivity contribution in [2.24, 2.45) is 0 Å². The van der Waals surface area contributed by atoms with Crippen LogP contribution in [0.2, 0.25) is 0 Å². The molecule has 1 atom stereocenters. The first-order valence-corrected chi connectivity index (χ1v) is 5.40. The van der Waals surface area contributed by atoms with Crippen LogP contribution in [-0.2, 0) is 26.7 Å². The minimum atomic E-state index is -1.36. The van der Waals surface area contributed by atoms with Crippen LogP contribution >= 0.6 is 0 Å². The third-order valence-corrected chi connectivity index (χ3v) is 2.44. The van der Waals surface area contributed by atoms with Crippen LogP contribution in [0.1, 0.15) is 11.1 Å². The molecular formula is C16H13OPt-. The Morgan fingerprint density at radius 1 is 0.889 bits per heavy atom. The second-order valence-electron chi connectivity index (χ2n) is 3.84. The van der Waals surface area contributed by atoms with E-state index in [1.54, 1.807) is 0 Å². The predicted molar refractivity (Wildman–Crippen MR) is 69.0 cm³/mol. The van der Waals surface area contributed by atoms with E-state index in [1.807, 2.05) is 60.7 Å². The SMILES string of the molecule is [CH2-]C(O)(C#Cc1ccccc1)c1ccccc1.[Pt]. The van der Waals surface area contributed by atoms with Crippen LogP contribution in [-0.4, -0.2) is 5.11 Å². The summed E-state index contributed by atoms with van der Waals surface area (Å²) in [4.78, 5) is 0. The summed E-state index contributed by atoms with van der Waals surface area (Å²) in [5, 5.41) is 10.2. The molecule has 0 aliphatic rings. The topological polar surface area (TPSA) is 20.2 Å². The van der Waals surface area contributed by atoms with Gasteiger partial charge >= 0.3 is 0 Å². The van der Waals surface area contributed by atoms with Crippen LogP contribution in [0.3, 0.4) is 0 Å². The molecule has 0 saturated carbocycles. The second-order valence-corrected chi connectivity index (χ2v) is 3.84. The zero-order valence-electron chi connectivity index (χ0n) is 9.74. The van der Waals surface area contributed by atoms with E-state index in [-0.39, 0.29) is 21.1 Å². The van der Waals surface area contributed by atoms with Gasteiger partial charge in [-0.3, -0.25) is 6.92 Å². The van der Waals surface area contributed by atoms with Crippen LogP contribution in [0.4, 0.5) is 0 Å². The maximum atomic E-state index is 10.2. The fourth-order valence-electron chi connectivity index (χ4n) is 1.48. The number of rotatable bonds is 1.